The van der Waals surface area contributed by atoms with E-state index in [2.05, 4.69) is 15.9 Å². The lowest BCUT2D eigenvalue weighted by molar-refractivity contribution is -0.144. The Hall–Kier alpha value is -3.70. The van der Waals surface area contributed by atoms with E-state index in [4.69, 9.17) is 14.5 Å². The van der Waals surface area contributed by atoms with Crippen molar-refractivity contribution < 1.29 is 14.3 Å². The molecule has 4 aromatic rings. The second-order valence-corrected chi connectivity index (χ2v) is 8.41. The molecule has 0 N–H and O–H groups in total. The van der Waals surface area contributed by atoms with E-state index in [1.54, 1.807) is 6.92 Å². The number of halogens is 1. The van der Waals surface area contributed by atoms with Gasteiger partial charge in [-0.1, -0.05) is 88.7 Å². The fourth-order valence-corrected chi connectivity index (χ4v) is 3.74. The summed E-state index contributed by atoms with van der Waals surface area (Å²) in [4.78, 5) is 17.9. The standard InChI is InChI=1S/C29H24BrNO3/c1-2-33-29(32)28(23-13-17-25(18-14-23)34-26-19-15-24(30)16-20-26)31-27(21-9-5-3-6-10-21)22-11-7-4-8-12-22/h3-20,28H,2H2,1H3. The van der Waals surface area contributed by atoms with Gasteiger partial charge in [0.05, 0.1) is 12.3 Å². The largest absolute Gasteiger partial charge is 0.464 e. The minimum absolute atomic E-state index is 0.279. The highest BCUT2D eigenvalue weighted by atomic mass is 79.9. The molecule has 0 spiro atoms. The minimum Gasteiger partial charge on any atom is -0.464 e. The van der Waals surface area contributed by atoms with E-state index in [-0.39, 0.29) is 6.61 Å². The highest BCUT2D eigenvalue weighted by molar-refractivity contribution is 9.10. The zero-order chi connectivity index (χ0) is 23.8. The topological polar surface area (TPSA) is 47.9 Å². The maximum Gasteiger partial charge on any atom is 0.335 e. The summed E-state index contributed by atoms with van der Waals surface area (Å²) in [5, 5.41) is 0. The molecule has 0 saturated heterocycles. The van der Waals surface area contributed by atoms with Gasteiger partial charge in [0.2, 0.25) is 0 Å². The van der Waals surface area contributed by atoms with Gasteiger partial charge in [-0.3, -0.25) is 4.99 Å². The molecule has 0 aliphatic rings. The Morgan fingerprint density at radius 3 is 1.76 bits per heavy atom. The van der Waals surface area contributed by atoms with E-state index in [0.29, 0.717) is 5.75 Å². The number of carbonyl (C=O) groups is 1. The fraction of sp³-hybridized carbons (Fsp3) is 0.103. The van der Waals surface area contributed by atoms with Crippen LogP contribution in [0.25, 0.3) is 0 Å². The van der Waals surface area contributed by atoms with Crippen LogP contribution in [0.1, 0.15) is 29.7 Å². The first-order valence-electron chi connectivity index (χ1n) is 11.0. The minimum atomic E-state index is -0.808. The van der Waals surface area contributed by atoms with E-state index >= 15 is 0 Å². The van der Waals surface area contributed by atoms with Gasteiger partial charge in [0.25, 0.3) is 0 Å². The van der Waals surface area contributed by atoms with Crippen molar-refractivity contribution in [1.82, 2.24) is 0 Å². The summed E-state index contributed by atoms with van der Waals surface area (Å²) in [6.45, 7) is 2.07. The highest BCUT2D eigenvalue weighted by Crippen LogP contribution is 2.28. The molecule has 4 nitrogen and oxygen atoms in total. The van der Waals surface area contributed by atoms with E-state index in [1.807, 2.05) is 109 Å². The van der Waals surface area contributed by atoms with Crippen LogP contribution in [0.2, 0.25) is 0 Å². The van der Waals surface area contributed by atoms with Crippen molar-refractivity contribution in [3.63, 3.8) is 0 Å². The smallest absolute Gasteiger partial charge is 0.335 e. The lowest BCUT2D eigenvalue weighted by Crippen LogP contribution is -2.17. The Kier molecular flexibility index (Phi) is 7.89. The third-order valence-electron chi connectivity index (χ3n) is 5.11. The lowest BCUT2D eigenvalue weighted by Gasteiger charge is -2.16. The number of hydrogen-bond donors (Lipinski definition) is 0. The zero-order valence-electron chi connectivity index (χ0n) is 18.7. The van der Waals surface area contributed by atoms with Crippen molar-refractivity contribution >= 4 is 27.6 Å². The SMILES string of the molecule is CCOC(=O)C(N=C(c1ccccc1)c1ccccc1)c1ccc(Oc2ccc(Br)cc2)cc1. The molecule has 170 valence electrons. The lowest BCUT2D eigenvalue weighted by atomic mass is 10.0. The predicted molar refractivity (Wildman–Crippen MR) is 139 cm³/mol. The molecule has 5 heteroatoms. The van der Waals surface area contributed by atoms with Crippen molar-refractivity contribution in [2.75, 3.05) is 6.61 Å². The first-order valence-corrected chi connectivity index (χ1v) is 11.8. The third-order valence-corrected chi connectivity index (χ3v) is 5.64. The van der Waals surface area contributed by atoms with Gasteiger partial charge in [0.1, 0.15) is 11.5 Å². The molecule has 1 atom stereocenters. The summed E-state index contributed by atoms with van der Waals surface area (Å²) in [7, 11) is 0. The van der Waals surface area contributed by atoms with Crippen LogP contribution in [0.15, 0.2) is 119 Å². The molecule has 1 unspecified atom stereocenters. The van der Waals surface area contributed by atoms with Crippen LogP contribution in [0.3, 0.4) is 0 Å². The van der Waals surface area contributed by atoms with E-state index in [1.165, 1.54) is 0 Å². The van der Waals surface area contributed by atoms with Crippen molar-refractivity contribution in [3.05, 3.63) is 130 Å². The maximum absolute atomic E-state index is 13.0. The van der Waals surface area contributed by atoms with Gasteiger partial charge < -0.3 is 9.47 Å². The zero-order valence-corrected chi connectivity index (χ0v) is 20.3. The number of carbonyl (C=O) groups excluding carboxylic acids is 1. The van der Waals surface area contributed by atoms with Gasteiger partial charge >= 0.3 is 5.97 Å². The first-order chi connectivity index (χ1) is 16.6. The summed E-state index contributed by atoms with van der Waals surface area (Å²) < 4.78 is 12.3. The van der Waals surface area contributed by atoms with Gasteiger partial charge in [-0.2, -0.15) is 0 Å². The molecule has 4 aromatic carbocycles. The van der Waals surface area contributed by atoms with Crippen LogP contribution in [-0.2, 0) is 9.53 Å². The number of esters is 1. The van der Waals surface area contributed by atoms with Crippen LogP contribution in [0, 0.1) is 0 Å². The fourth-order valence-electron chi connectivity index (χ4n) is 3.48. The number of rotatable bonds is 8. The van der Waals surface area contributed by atoms with Crippen molar-refractivity contribution in [2.45, 2.75) is 13.0 Å². The van der Waals surface area contributed by atoms with Crippen LogP contribution in [0.4, 0.5) is 0 Å². The Balaban J connectivity index is 1.70. The van der Waals surface area contributed by atoms with Crippen molar-refractivity contribution in [3.8, 4) is 11.5 Å². The molecule has 0 aliphatic carbocycles. The number of nitrogens with zero attached hydrogens (tertiary/aromatic N) is 1. The van der Waals surface area contributed by atoms with Gasteiger partial charge in [0, 0.05) is 15.6 Å². The van der Waals surface area contributed by atoms with Gasteiger partial charge in [0.15, 0.2) is 6.04 Å². The first kappa shape index (κ1) is 23.5. The molecule has 0 aromatic heterocycles. The number of hydrogen-bond acceptors (Lipinski definition) is 4. The molecule has 0 heterocycles. The van der Waals surface area contributed by atoms with E-state index < -0.39 is 12.0 Å². The predicted octanol–water partition coefficient (Wildman–Crippen LogP) is 7.38. The molecule has 34 heavy (non-hydrogen) atoms. The van der Waals surface area contributed by atoms with E-state index in [9.17, 15) is 4.79 Å². The molecule has 0 bridgehead atoms. The molecule has 0 radical (unpaired) electrons. The van der Waals surface area contributed by atoms with Crippen molar-refractivity contribution in [2.24, 2.45) is 4.99 Å². The average molecular weight is 514 g/mol. The van der Waals surface area contributed by atoms with E-state index in [0.717, 1.165) is 32.6 Å². The Labute approximate surface area is 208 Å². The monoisotopic (exact) mass is 513 g/mol. The van der Waals surface area contributed by atoms with Gasteiger partial charge in [-0.15, -0.1) is 0 Å². The van der Waals surface area contributed by atoms with Crippen LogP contribution < -0.4 is 4.74 Å². The Morgan fingerprint density at radius 1 is 0.765 bits per heavy atom. The molecule has 0 amide bonds. The van der Waals surface area contributed by atoms with Crippen LogP contribution in [0.5, 0.6) is 11.5 Å². The number of ether oxygens (including phenoxy) is 2. The Bertz CT molecular complexity index is 1200. The van der Waals surface area contributed by atoms with Crippen LogP contribution in [-0.4, -0.2) is 18.3 Å². The van der Waals surface area contributed by atoms with Gasteiger partial charge in [-0.05, 0) is 48.9 Å². The Morgan fingerprint density at radius 2 is 1.26 bits per heavy atom. The quantitative estimate of drug-likeness (QED) is 0.182. The third kappa shape index (κ3) is 6.00. The molecule has 0 aliphatic heterocycles. The highest BCUT2D eigenvalue weighted by Gasteiger charge is 2.23. The molecule has 4 rings (SSSR count). The summed E-state index contributed by atoms with van der Waals surface area (Å²) in [6.07, 6.45) is 0. The normalized spacial score (nSPS) is 11.4. The molecule has 0 fully saturated rings. The summed E-state index contributed by atoms with van der Waals surface area (Å²) in [6, 6.07) is 33.9. The second-order valence-electron chi connectivity index (χ2n) is 7.49. The van der Waals surface area contributed by atoms with Crippen LogP contribution >= 0.6 is 15.9 Å². The summed E-state index contributed by atoms with van der Waals surface area (Å²) >= 11 is 3.42. The van der Waals surface area contributed by atoms with Crippen molar-refractivity contribution in [1.29, 1.82) is 0 Å². The molecular formula is C29H24BrNO3. The summed E-state index contributed by atoms with van der Waals surface area (Å²) in [5.74, 6) is 1.00. The number of benzene rings is 4. The molecule has 0 saturated carbocycles. The second kappa shape index (κ2) is 11.4. The van der Waals surface area contributed by atoms with Gasteiger partial charge in [-0.25, -0.2) is 4.79 Å². The summed E-state index contributed by atoms with van der Waals surface area (Å²) in [5.41, 5.74) is 3.32. The average Bonchev–Trinajstić information content (AvgIpc) is 2.88. The molecular weight excluding hydrogens is 490 g/mol. The maximum atomic E-state index is 13.0. The number of aliphatic imine (C=N–C) groups is 1.